The van der Waals surface area contributed by atoms with Gasteiger partial charge in [0.1, 0.15) is 4.84 Å². The smallest absolute Gasteiger partial charge is 0.107 e. The standard InChI is InChI=1S/C18H38Cl2N/c1-5-6-7-8-9-12-17(13-10-15-18(19)20)14-11-16-21(2,3)4/h17-18H,5-16H2,1-4H3/q+1. The fraction of sp³-hybridized carbons (Fsp3) is 1.00. The molecular formula is C18H38Cl2N+. The van der Waals surface area contributed by atoms with E-state index in [2.05, 4.69) is 28.1 Å². The zero-order chi connectivity index (χ0) is 16.1. The average molecular weight is 339 g/mol. The summed E-state index contributed by atoms with van der Waals surface area (Å²) in [4.78, 5) is -0.179. The van der Waals surface area contributed by atoms with E-state index >= 15 is 0 Å². The van der Waals surface area contributed by atoms with Crippen molar-refractivity contribution >= 4 is 23.2 Å². The first kappa shape index (κ1) is 21.5. The highest BCUT2D eigenvalue weighted by Gasteiger charge is 2.13. The summed E-state index contributed by atoms with van der Waals surface area (Å²) in [6.07, 6.45) is 14.5. The molecule has 0 rings (SSSR count). The van der Waals surface area contributed by atoms with E-state index in [1.165, 1.54) is 70.8 Å². The van der Waals surface area contributed by atoms with E-state index in [-0.39, 0.29) is 4.84 Å². The molecule has 3 heteroatoms. The third-order valence-corrected chi connectivity index (χ3v) is 4.63. The molecule has 0 spiro atoms. The van der Waals surface area contributed by atoms with Crippen molar-refractivity contribution in [3.8, 4) is 0 Å². The van der Waals surface area contributed by atoms with Crippen LogP contribution in [0, 0.1) is 5.92 Å². The predicted molar refractivity (Wildman–Crippen MR) is 98.3 cm³/mol. The average Bonchev–Trinajstić information content (AvgIpc) is 2.36. The SMILES string of the molecule is CCCCCCCC(CCCC(Cl)Cl)CCC[N+](C)(C)C. The molecule has 0 aliphatic carbocycles. The van der Waals surface area contributed by atoms with Gasteiger partial charge < -0.3 is 4.48 Å². The van der Waals surface area contributed by atoms with Gasteiger partial charge in [-0.05, 0) is 25.2 Å². The largest absolute Gasteiger partial charge is 0.331 e. The summed E-state index contributed by atoms with van der Waals surface area (Å²) in [5.41, 5.74) is 0. The second kappa shape index (κ2) is 13.0. The van der Waals surface area contributed by atoms with Gasteiger partial charge in [-0.1, -0.05) is 58.3 Å². The summed E-state index contributed by atoms with van der Waals surface area (Å²) in [6.45, 7) is 3.56. The molecule has 21 heavy (non-hydrogen) atoms. The molecule has 0 fully saturated rings. The fourth-order valence-corrected chi connectivity index (χ4v) is 3.19. The Labute approximate surface area is 144 Å². The number of unbranched alkanes of at least 4 members (excludes halogenated alkanes) is 4. The van der Waals surface area contributed by atoms with Crippen molar-refractivity contribution in [3.63, 3.8) is 0 Å². The highest BCUT2D eigenvalue weighted by Crippen LogP contribution is 2.24. The molecule has 0 aliphatic heterocycles. The van der Waals surface area contributed by atoms with Crippen molar-refractivity contribution in [1.82, 2.24) is 0 Å². The lowest BCUT2D eigenvalue weighted by molar-refractivity contribution is -0.870. The zero-order valence-electron chi connectivity index (χ0n) is 14.8. The van der Waals surface area contributed by atoms with Crippen LogP contribution in [0.2, 0.25) is 0 Å². The van der Waals surface area contributed by atoms with E-state index in [4.69, 9.17) is 23.2 Å². The van der Waals surface area contributed by atoms with E-state index in [9.17, 15) is 0 Å². The van der Waals surface area contributed by atoms with Gasteiger partial charge in [-0.15, -0.1) is 23.2 Å². The number of quaternary nitrogens is 1. The maximum atomic E-state index is 5.85. The van der Waals surface area contributed by atoms with Gasteiger partial charge in [-0.3, -0.25) is 0 Å². The van der Waals surface area contributed by atoms with Crippen molar-refractivity contribution in [3.05, 3.63) is 0 Å². The summed E-state index contributed by atoms with van der Waals surface area (Å²) < 4.78 is 1.08. The Balaban J connectivity index is 3.90. The summed E-state index contributed by atoms with van der Waals surface area (Å²) in [6, 6.07) is 0. The molecule has 0 radical (unpaired) electrons. The highest BCUT2D eigenvalue weighted by atomic mass is 35.5. The summed E-state index contributed by atoms with van der Waals surface area (Å²) in [5, 5.41) is 0. The van der Waals surface area contributed by atoms with Crippen LogP contribution < -0.4 is 0 Å². The molecular weight excluding hydrogens is 301 g/mol. The molecule has 0 saturated heterocycles. The van der Waals surface area contributed by atoms with Crippen LogP contribution in [0.5, 0.6) is 0 Å². The molecule has 0 aromatic rings. The molecule has 128 valence electrons. The van der Waals surface area contributed by atoms with Gasteiger partial charge in [0.05, 0.1) is 27.7 Å². The van der Waals surface area contributed by atoms with Crippen molar-refractivity contribution in [2.45, 2.75) is 82.4 Å². The van der Waals surface area contributed by atoms with E-state index in [0.717, 1.165) is 16.8 Å². The van der Waals surface area contributed by atoms with Gasteiger partial charge in [0.25, 0.3) is 0 Å². The summed E-state index contributed by atoms with van der Waals surface area (Å²) >= 11 is 11.7. The molecule has 0 amide bonds. The number of alkyl halides is 2. The van der Waals surface area contributed by atoms with Crippen LogP contribution in [0.15, 0.2) is 0 Å². The highest BCUT2D eigenvalue weighted by molar-refractivity contribution is 6.44. The Hall–Kier alpha value is 0.540. The van der Waals surface area contributed by atoms with Crippen LogP contribution >= 0.6 is 23.2 Å². The first-order valence-electron chi connectivity index (χ1n) is 8.93. The molecule has 0 aliphatic rings. The van der Waals surface area contributed by atoms with Crippen LogP contribution in [-0.2, 0) is 0 Å². The predicted octanol–water partition coefficient (Wildman–Crippen LogP) is 6.42. The number of hydrogen-bond acceptors (Lipinski definition) is 0. The van der Waals surface area contributed by atoms with E-state index < -0.39 is 0 Å². The van der Waals surface area contributed by atoms with E-state index in [0.29, 0.717) is 0 Å². The molecule has 0 aromatic heterocycles. The van der Waals surface area contributed by atoms with Gasteiger partial charge in [-0.25, -0.2) is 0 Å². The lowest BCUT2D eigenvalue weighted by Gasteiger charge is -2.25. The fourth-order valence-electron chi connectivity index (χ4n) is 2.88. The maximum Gasteiger partial charge on any atom is 0.107 e. The molecule has 0 aromatic carbocycles. The van der Waals surface area contributed by atoms with Crippen LogP contribution in [-0.4, -0.2) is 37.0 Å². The molecule has 1 nitrogen and oxygen atoms in total. The first-order chi connectivity index (χ1) is 9.85. The Kier molecular flexibility index (Phi) is 13.4. The van der Waals surface area contributed by atoms with Crippen LogP contribution in [0.1, 0.15) is 77.6 Å². The summed E-state index contributed by atoms with van der Waals surface area (Å²) in [5.74, 6) is 0.880. The van der Waals surface area contributed by atoms with Crippen molar-refractivity contribution in [1.29, 1.82) is 0 Å². The molecule has 0 N–H and O–H groups in total. The topological polar surface area (TPSA) is 0 Å². The van der Waals surface area contributed by atoms with Gasteiger partial charge in [0.2, 0.25) is 0 Å². The third-order valence-electron chi connectivity index (χ3n) is 4.19. The van der Waals surface area contributed by atoms with Crippen molar-refractivity contribution in [2.24, 2.45) is 5.92 Å². The molecule has 1 atom stereocenters. The van der Waals surface area contributed by atoms with Gasteiger partial charge in [-0.2, -0.15) is 0 Å². The monoisotopic (exact) mass is 338 g/mol. The quantitative estimate of drug-likeness (QED) is 0.194. The number of hydrogen-bond donors (Lipinski definition) is 0. The van der Waals surface area contributed by atoms with Crippen molar-refractivity contribution < 1.29 is 4.48 Å². The van der Waals surface area contributed by atoms with E-state index in [1.807, 2.05) is 0 Å². The van der Waals surface area contributed by atoms with Crippen molar-refractivity contribution in [2.75, 3.05) is 27.7 Å². The second-order valence-electron chi connectivity index (χ2n) is 7.55. The van der Waals surface area contributed by atoms with Gasteiger partial charge in [0.15, 0.2) is 0 Å². The molecule has 0 bridgehead atoms. The minimum absolute atomic E-state index is 0.179. The Morgan fingerprint density at radius 3 is 1.86 bits per heavy atom. The summed E-state index contributed by atoms with van der Waals surface area (Å²) in [7, 11) is 6.85. The molecule has 1 unspecified atom stereocenters. The molecule has 0 heterocycles. The van der Waals surface area contributed by atoms with Gasteiger partial charge in [0, 0.05) is 0 Å². The van der Waals surface area contributed by atoms with Crippen LogP contribution in [0.4, 0.5) is 0 Å². The Morgan fingerprint density at radius 1 is 0.714 bits per heavy atom. The Bertz CT molecular complexity index is 224. The normalized spacial score (nSPS) is 13.9. The second-order valence-corrected chi connectivity index (χ2v) is 8.82. The maximum absolute atomic E-state index is 5.85. The van der Waals surface area contributed by atoms with Crippen LogP contribution in [0.3, 0.4) is 0 Å². The zero-order valence-corrected chi connectivity index (χ0v) is 16.4. The minimum Gasteiger partial charge on any atom is -0.331 e. The Morgan fingerprint density at radius 2 is 1.29 bits per heavy atom. The third kappa shape index (κ3) is 16.7. The first-order valence-corrected chi connectivity index (χ1v) is 9.81. The van der Waals surface area contributed by atoms with Crippen LogP contribution in [0.25, 0.3) is 0 Å². The lowest BCUT2D eigenvalue weighted by atomic mass is 9.91. The number of rotatable bonds is 14. The van der Waals surface area contributed by atoms with E-state index in [1.54, 1.807) is 0 Å². The van der Waals surface area contributed by atoms with Gasteiger partial charge >= 0.3 is 0 Å². The number of halogens is 2. The molecule has 0 saturated carbocycles. The lowest BCUT2D eigenvalue weighted by Crippen LogP contribution is -2.35. The minimum atomic E-state index is -0.179. The number of nitrogens with zero attached hydrogens (tertiary/aromatic N) is 1.